The first kappa shape index (κ1) is 45.4. The zero-order chi connectivity index (χ0) is 27.4. The van der Waals surface area contributed by atoms with Gasteiger partial charge in [-0.15, -0.1) is 0 Å². The maximum absolute atomic E-state index is 12.2. The molecule has 0 bridgehead atoms. The van der Waals surface area contributed by atoms with Crippen LogP contribution in [0.4, 0.5) is 4.39 Å². The van der Waals surface area contributed by atoms with E-state index in [-0.39, 0.29) is 0 Å². The summed E-state index contributed by atoms with van der Waals surface area (Å²) in [6.45, 7) is 39.9. The van der Waals surface area contributed by atoms with Crippen LogP contribution in [0.25, 0.3) is 0 Å². The van der Waals surface area contributed by atoms with Crippen molar-refractivity contribution in [2.45, 2.75) is 169 Å². The first-order chi connectivity index (χ1) is 14.9. The molecule has 0 aromatic carbocycles. The minimum Gasteiger partial charge on any atom is -0.380 e. The molecule has 0 aromatic heterocycles. The standard InChI is InChI=1S/C6H12O.C6H14.C5H9F.C5H12.4C2H6/c1-3-6(2)4-7-5-6;1-5-6(2,3)4;1-2-5(6)3-4-5;1-4-5(2)3;4*1-2/h3-5H2,1-2H3;5H2,1-4H3;2-4H2,1H3;5H,4H2,1-3H3;4*1-2H3. The topological polar surface area (TPSA) is 9.23 Å². The second-order valence-corrected chi connectivity index (χ2v) is 9.38. The second-order valence-electron chi connectivity index (χ2n) is 9.38. The number of rotatable bonds is 3. The molecule has 1 saturated carbocycles. The normalized spacial score (nSPS) is 15.4. The fourth-order valence-corrected chi connectivity index (χ4v) is 1.14. The molecular formula is C30H71FO. The van der Waals surface area contributed by atoms with Gasteiger partial charge in [-0.1, -0.05) is 137 Å². The largest absolute Gasteiger partial charge is 0.380 e. The van der Waals surface area contributed by atoms with Gasteiger partial charge in [-0.2, -0.15) is 0 Å². The van der Waals surface area contributed by atoms with E-state index >= 15 is 0 Å². The van der Waals surface area contributed by atoms with Crippen LogP contribution in [-0.4, -0.2) is 18.9 Å². The highest BCUT2D eigenvalue weighted by atomic mass is 19.1. The molecule has 2 fully saturated rings. The van der Waals surface area contributed by atoms with Gasteiger partial charge < -0.3 is 4.74 Å². The van der Waals surface area contributed by atoms with Crippen LogP contribution in [0.15, 0.2) is 0 Å². The maximum atomic E-state index is 12.2. The van der Waals surface area contributed by atoms with Crippen LogP contribution in [0.3, 0.4) is 0 Å². The minimum atomic E-state index is -0.708. The second kappa shape index (κ2) is 30.9. The van der Waals surface area contributed by atoms with Gasteiger partial charge in [0.05, 0.1) is 13.2 Å². The van der Waals surface area contributed by atoms with Crippen molar-refractivity contribution in [3.63, 3.8) is 0 Å². The van der Waals surface area contributed by atoms with E-state index in [0.29, 0.717) is 17.3 Å². The van der Waals surface area contributed by atoms with Gasteiger partial charge >= 0.3 is 0 Å². The summed E-state index contributed by atoms with van der Waals surface area (Å²) in [5, 5.41) is 0. The first-order valence-electron chi connectivity index (χ1n) is 14.1. The van der Waals surface area contributed by atoms with Gasteiger partial charge in [-0.25, -0.2) is 4.39 Å². The van der Waals surface area contributed by atoms with Crippen molar-refractivity contribution >= 4 is 0 Å². The Morgan fingerprint density at radius 2 is 1.03 bits per heavy atom. The summed E-state index contributed by atoms with van der Waals surface area (Å²) in [6.07, 6.45) is 6.17. The highest BCUT2D eigenvalue weighted by Gasteiger charge is 2.40. The van der Waals surface area contributed by atoms with E-state index in [4.69, 9.17) is 4.74 Å². The molecule has 204 valence electrons. The van der Waals surface area contributed by atoms with E-state index in [1.165, 1.54) is 19.3 Å². The average Bonchev–Trinajstić information content (AvgIpc) is 3.56. The van der Waals surface area contributed by atoms with Crippen LogP contribution in [-0.2, 0) is 4.74 Å². The van der Waals surface area contributed by atoms with Gasteiger partial charge in [0.15, 0.2) is 0 Å². The molecule has 1 aliphatic carbocycles. The van der Waals surface area contributed by atoms with Crippen LogP contribution in [0.1, 0.15) is 163 Å². The average molecular weight is 467 g/mol. The number of hydrogen-bond donors (Lipinski definition) is 0. The predicted octanol–water partition coefficient (Wildman–Crippen LogP) is 11.9. The SMILES string of the molecule is CC.CC.CC.CC.CCC(C)(C)C.CCC(C)C.CCC1(C)COC1.CCC1(F)CC1. The zero-order valence-electron chi connectivity index (χ0n) is 26.5. The van der Waals surface area contributed by atoms with Crippen molar-refractivity contribution < 1.29 is 9.13 Å². The van der Waals surface area contributed by atoms with E-state index in [9.17, 15) is 4.39 Å². The molecule has 1 heterocycles. The summed E-state index contributed by atoms with van der Waals surface area (Å²) in [5.74, 6) is 0.884. The molecule has 0 radical (unpaired) electrons. The maximum Gasteiger partial charge on any atom is 0.111 e. The molecule has 32 heavy (non-hydrogen) atoms. The Labute approximate surface area is 208 Å². The summed E-state index contributed by atoms with van der Waals surface area (Å²) in [7, 11) is 0. The van der Waals surface area contributed by atoms with Crippen molar-refractivity contribution in [2.24, 2.45) is 16.7 Å². The summed E-state index contributed by atoms with van der Waals surface area (Å²) < 4.78 is 17.3. The van der Waals surface area contributed by atoms with E-state index in [1.807, 2.05) is 62.3 Å². The Hall–Kier alpha value is -0.110. The Morgan fingerprint density at radius 3 is 1.03 bits per heavy atom. The first-order valence-corrected chi connectivity index (χ1v) is 14.1. The smallest absolute Gasteiger partial charge is 0.111 e. The fourth-order valence-electron chi connectivity index (χ4n) is 1.14. The van der Waals surface area contributed by atoms with E-state index in [2.05, 4.69) is 62.3 Å². The molecule has 2 aliphatic rings. The van der Waals surface area contributed by atoms with Crippen LogP contribution in [0, 0.1) is 16.7 Å². The molecule has 1 nitrogen and oxygen atoms in total. The van der Waals surface area contributed by atoms with Gasteiger partial charge in [0.1, 0.15) is 5.67 Å². The zero-order valence-corrected chi connectivity index (χ0v) is 26.5. The van der Waals surface area contributed by atoms with Gasteiger partial charge in [0.25, 0.3) is 0 Å². The molecule has 2 heteroatoms. The lowest BCUT2D eigenvalue weighted by Crippen LogP contribution is -2.38. The lowest BCUT2D eigenvalue weighted by Gasteiger charge is -2.36. The van der Waals surface area contributed by atoms with Crippen LogP contribution in [0.2, 0.25) is 0 Å². The monoisotopic (exact) mass is 467 g/mol. The van der Waals surface area contributed by atoms with Gasteiger partial charge in [0, 0.05) is 5.41 Å². The van der Waals surface area contributed by atoms with Gasteiger partial charge in [0.2, 0.25) is 0 Å². The van der Waals surface area contributed by atoms with Crippen molar-refractivity contribution in [1.29, 1.82) is 0 Å². The summed E-state index contributed by atoms with van der Waals surface area (Å²) in [5.41, 5.74) is 0.375. The third-order valence-corrected chi connectivity index (χ3v) is 5.06. The van der Waals surface area contributed by atoms with Gasteiger partial charge in [-0.05, 0) is 37.0 Å². The van der Waals surface area contributed by atoms with Crippen LogP contribution < -0.4 is 0 Å². The fraction of sp³-hybridized carbons (Fsp3) is 1.00. The summed E-state index contributed by atoms with van der Waals surface area (Å²) in [6, 6.07) is 0. The molecular weight excluding hydrogens is 395 g/mol. The molecule has 1 aliphatic heterocycles. The molecule has 0 atom stereocenters. The molecule has 0 aromatic rings. The summed E-state index contributed by atoms with van der Waals surface area (Å²) in [4.78, 5) is 0. The van der Waals surface area contributed by atoms with Crippen molar-refractivity contribution in [3.05, 3.63) is 0 Å². The molecule has 0 unspecified atom stereocenters. The van der Waals surface area contributed by atoms with E-state index in [0.717, 1.165) is 32.0 Å². The van der Waals surface area contributed by atoms with Crippen molar-refractivity contribution in [2.75, 3.05) is 13.2 Å². The van der Waals surface area contributed by atoms with E-state index in [1.54, 1.807) is 0 Å². The highest BCUT2D eigenvalue weighted by Crippen LogP contribution is 2.42. The summed E-state index contributed by atoms with van der Waals surface area (Å²) >= 11 is 0. The molecule has 1 saturated heterocycles. The third-order valence-electron chi connectivity index (χ3n) is 5.06. The van der Waals surface area contributed by atoms with Crippen molar-refractivity contribution in [1.82, 2.24) is 0 Å². The lowest BCUT2D eigenvalue weighted by molar-refractivity contribution is -0.103. The van der Waals surface area contributed by atoms with Gasteiger partial charge in [-0.3, -0.25) is 0 Å². The molecule has 0 N–H and O–H groups in total. The lowest BCUT2D eigenvalue weighted by atomic mass is 9.86. The Kier molecular flexibility index (Phi) is 43.8. The minimum absolute atomic E-state index is 0.542. The van der Waals surface area contributed by atoms with Crippen LogP contribution in [0.5, 0.6) is 0 Å². The quantitative estimate of drug-likeness (QED) is 0.401. The van der Waals surface area contributed by atoms with E-state index < -0.39 is 5.67 Å². The highest BCUT2D eigenvalue weighted by molar-refractivity contribution is 4.92. The Balaban J connectivity index is -0.0000000640. The third kappa shape index (κ3) is 43.7. The number of hydrogen-bond acceptors (Lipinski definition) is 1. The Bertz CT molecular complexity index is 273. The molecule has 2 rings (SSSR count). The number of halogens is 1. The molecule has 0 spiro atoms. The van der Waals surface area contributed by atoms with Crippen LogP contribution >= 0.6 is 0 Å². The number of alkyl halides is 1. The number of ether oxygens (including phenoxy) is 1. The van der Waals surface area contributed by atoms with Crippen molar-refractivity contribution in [3.8, 4) is 0 Å². The molecule has 0 amide bonds. The Morgan fingerprint density at radius 1 is 0.750 bits per heavy atom. The predicted molar refractivity (Wildman–Crippen MR) is 153 cm³/mol.